The van der Waals surface area contributed by atoms with Crippen LogP contribution >= 0.6 is 11.3 Å². The third-order valence-electron chi connectivity index (χ3n) is 4.57. The summed E-state index contributed by atoms with van der Waals surface area (Å²) in [7, 11) is 0. The van der Waals surface area contributed by atoms with Gasteiger partial charge in [-0.05, 0) is 35.7 Å². The number of aryl methyl sites for hydroxylation is 1. The molecule has 3 rings (SSSR count). The molecule has 26 heavy (non-hydrogen) atoms. The van der Waals surface area contributed by atoms with E-state index in [2.05, 4.69) is 15.2 Å². The SMILES string of the molecule is Cc1nc(C2CN(C(=O)Cc3ccsc3)CCCN2C(=O)C(C)C)n[nH]1. The Morgan fingerprint density at radius 1 is 1.38 bits per heavy atom. The van der Waals surface area contributed by atoms with Gasteiger partial charge in [-0.3, -0.25) is 14.7 Å². The fourth-order valence-electron chi connectivity index (χ4n) is 3.22. The average molecular weight is 375 g/mol. The quantitative estimate of drug-likeness (QED) is 0.888. The summed E-state index contributed by atoms with van der Waals surface area (Å²) >= 11 is 1.59. The maximum absolute atomic E-state index is 12.8. The third-order valence-corrected chi connectivity index (χ3v) is 5.31. The first kappa shape index (κ1) is 18.6. The van der Waals surface area contributed by atoms with Gasteiger partial charge in [0.1, 0.15) is 11.9 Å². The molecular formula is C18H25N5O2S. The molecule has 0 aliphatic carbocycles. The van der Waals surface area contributed by atoms with E-state index >= 15 is 0 Å². The lowest BCUT2D eigenvalue weighted by Gasteiger charge is -2.31. The third kappa shape index (κ3) is 4.12. The van der Waals surface area contributed by atoms with Gasteiger partial charge in [0.05, 0.1) is 6.42 Å². The highest BCUT2D eigenvalue weighted by molar-refractivity contribution is 7.08. The van der Waals surface area contributed by atoms with Crippen LogP contribution in [0.2, 0.25) is 0 Å². The van der Waals surface area contributed by atoms with E-state index in [1.54, 1.807) is 11.3 Å². The van der Waals surface area contributed by atoms with Gasteiger partial charge in [0.25, 0.3) is 0 Å². The summed E-state index contributed by atoms with van der Waals surface area (Å²) in [4.78, 5) is 33.6. The lowest BCUT2D eigenvalue weighted by molar-refractivity contribution is -0.138. The Hall–Kier alpha value is -2.22. The van der Waals surface area contributed by atoms with Crippen LogP contribution in [0.15, 0.2) is 16.8 Å². The minimum atomic E-state index is -0.316. The molecule has 0 spiro atoms. The van der Waals surface area contributed by atoms with Crippen LogP contribution in [0.25, 0.3) is 0 Å². The number of aromatic amines is 1. The van der Waals surface area contributed by atoms with Crippen molar-refractivity contribution in [3.63, 3.8) is 0 Å². The minimum Gasteiger partial charge on any atom is -0.340 e. The highest BCUT2D eigenvalue weighted by Crippen LogP contribution is 2.25. The van der Waals surface area contributed by atoms with Crippen LogP contribution in [0.4, 0.5) is 0 Å². The lowest BCUT2D eigenvalue weighted by atomic mass is 10.1. The molecule has 2 aromatic heterocycles. The van der Waals surface area contributed by atoms with Crippen LogP contribution < -0.4 is 0 Å². The predicted molar refractivity (Wildman–Crippen MR) is 99.6 cm³/mol. The Kier molecular flexibility index (Phi) is 5.70. The smallest absolute Gasteiger partial charge is 0.227 e. The molecule has 0 saturated carbocycles. The molecule has 2 amide bonds. The fourth-order valence-corrected chi connectivity index (χ4v) is 3.89. The maximum atomic E-state index is 12.8. The van der Waals surface area contributed by atoms with E-state index in [9.17, 15) is 9.59 Å². The van der Waals surface area contributed by atoms with E-state index in [0.717, 1.165) is 12.0 Å². The summed E-state index contributed by atoms with van der Waals surface area (Å²) in [5, 5.41) is 11.1. The van der Waals surface area contributed by atoms with Crippen molar-refractivity contribution in [3.05, 3.63) is 34.0 Å². The highest BCUT2D eigenvalue weighted by Gasteiger charge is 2.34. The first-order valence-corrected chi connectivity index (χ1v) is 9.88. The molecule has 0 aromatic carbocycles. The van der Waals surface area contributed by atoms with E-state index in [0.29, 0.717) is 37.7 Å². The molecule has 1 aliphatic rings. The van der Waals surface area contributed by atoms with Crippen LogP contribution in [-0.4, -0.2) is 56.4 Å². The van der Waals surface area contributed by atoms with Crippen LogP contribution in [0.5, 0.6) is 0 Å². The highest BCUT2D eigenvalue weighted by atomic mass is 32.1. The largest absolute Gasteiger partial charge is 0.340 e. The van der Waals surface area contributed by atoms with E-state index in [4.69, 9.17) is 0 Å². The number of nitrogens with one attached hydrogen (secondary N) is 1. The summed E-state index contributed by atoms with van der Waals surface area (Å²) in [5.41, 5.74) is 1.03. The van der Waals surface area contributed by atoms with E-state index in [1.165, 1.54) is 0 Å². The van der Waals surface area contributed by atoms with Crippen LogP contribution in [0.3, 0.4) is 0 Å². The number of carbonyl (C=O) groups is 2. The van der Waals surface area contributed by atoms with Gasteiger partial charge in [0, 0.05) is 25.6 Å². The van der Waals surface area contributed by atoms with Gasteiger partial charge in [0.15, 0.2) is 5.82 Å². The maximum Gasteiger partial charge on any atom is 0.227 e. The second-order valence-electron chi connectivity index (χ2n) is 6.98. The number of aromatic nitrogens is 3. The van der Waals surface area contributed by atoms with Crippen molar-refractivity contribution < 1.29 is 9.59 Å². The molecular weight excluding hydrogens is 350 g/mol. The molecule has 1 saturated heterocycles. The summed E-state index contributed by atoms with van der Waals surface area (Å²) < 4.78 is 0. The van der Waals surface area contributed by atoms with Gasteiger partial charge >= 0.3 is 0 Å². The number of nitrogens with zero attached hydrogens (tertiary/aromatic N) is 4. The predicted octanol–water partition coefficient (Wildman–Crippen LogP) is 2.18. The molecule has 1 fully saturated rings. The Balaban J connectivity index is 1.83. The van der Waals surface area contributed by atoms with Crippen molar-refractivity contribution in [2.45, 2.75) is 39.7 Å². The first-order valence-electron chi connectivity index (χ1n) is 8.94. The van der Waals surface area contributed by atoms with E-state index in [-0.39, 0.29) is 23.8 Å². The second kappa shape index (κ2) is 7.99. The summed E-state index contributed by atoms with van der Waals surface area (Å²) in [5.74, 6) is 1.33. The molecule has 7 nitrogen and oxygen atoms in total. The Bertz CT molecular complexity index is 755. The molecule has 1 atom stereocenters. The molecule has 140 valence electrons. The lowest BCUT2D eigenvalue weighted by Crippen LogP contribution is -2.42. The molecule has 1 unspecified atom stereocenters. The number of carbonyl (C=O) groups excluding carboxylic acids is 2. The number of rotatable bonds is 4. The number of H-pyrrole nitrogens is 1. The molecule has 3 heterocycles. The second-order valence-corrected chi connectivity index (χ2v) is 7.76. The zero-order chi connectivity index (χ0) is 18.7. The van der Waals surface area contributed by atoms with Gasteiger partial charge in [-0.1, -0.05) is 13.8 Å². The van der Waals surface area contributed by atoms with E-state index in [1.807, 2.05) is 47.4 Å². The summed E-state index contributed by atoms with van der Waals surface area (Å²) in [6.45, 7) is 7.31. The van der Waals surface area contributed by atoms with Crippen molar-refractivity contribution in [1.29, 1.82) is 0 Å². The van der Waals surface area contributed by atoms with Crippen molar-refractivity contribution in [3.8, 4) is 0 Å². The van der Waals surface area contributed by atoms with Gasteiger partial charge in [-0.15, -0.1) is 0 Å². The molecule has 8 heteroatoms. The molecule has 2 aromatic rings. The Morgan fingerprint density at radius 3 is 2.81 bits per heavy atom. The molecule has 1 aliphatic heterocycles. The van der Waals surface area contributed by atoms with Crippen LogP contribution in [0, 0.1) is 12.8 Å². The van der Waals surface area contributed by atoms with E-state index < -0.39 is 0 Å². The number of thiophene rings is 1. The zero-order valence-electron chi connectivity index (χ0n) is 15.4. The van der Waals surface area contributed by atoms with Gasteiger partial charge < -0.3 is 9.80 Å². The average Bonchev–Trinajstić information content (AvgIpc) is 3.21. The van der Waals surface area contributed by atoms with Gasteiger partial charge in [0.2, 0.25) is 11.8 Å². The Morgan fingerprint density at radius 2 is 2.19 bits per heavy atom. The Labute approximate surface area is 157 Å². The molecule has 0 radical (unpaired) electrons. The van der Waals surface area contributed by atoms with Crippen molar-refractivity contribution in [2.24, 2.45) is 5.92 Å². The summed E-state index contributed by atoms with van der Waals surface area (Å²) in [6, 6.07) is 1.66. The number of hydrogen-bond donors (Lipinski definition) is 1. The zero-order valence-corrected chi connectivity index (χ0v) is 16.3. The first-order chi connectivity index (χ1) is 12.5. The van der Waals surface area contributed by atoms with Gasteiger partial charge in [-0.2, -0.15) is 16.4 Å². The van der Waals surface area contributed by atoms with Crippen LogP contribution in [0.1, 0.15) is 43.5 Å². The molecule has 0 bridgehead atoms. The topological polar surface area (TPSA) is 82.2 Å². The summed E-state index contributed by atoms with van der Waals surface area (Å²) in [6.07, 6.45) is 1.15. The van der Waals surface area contributed by atoms with Crippen molar-refractivity contribution in [2.75, 3.05) is 19.6 Å². The normalized spacial score (nSPS) is 18.2. The van der Waals surface area contributed by atoms with Gasteiger partial charge in [-0.25, -0.2) is 4.98 Å². The van der Waals surface area contributed by atoms with Crippen molar-refractivity contribution >= 4 is 23.2 Å². The fraction of sp³-hybridized carbons (Fsp3) is 0.556. The minimum absolute atomic E-state index is 0.0737. The number of amides is 2. The number of hydrogen-bond acceptors (Lipinski definition) is 5. The monoisotopic (exact) mass is 375 g/mol. The van der Waals surface area contributed by atoms with Crippen molar-refractivity contribution in [1.82, 2.24) is 25.0 Å². The molecule has 1 N–H and O–H groups in total. The van der Waals surface area contributed by atoms with Crippen LogP contribution in [-0.2, 0) is 16.0 Å². The standard InChI is InChI=1S/C18H25N5O2S/c1-12(2)18(25)23-7-4-6-22(16(24)9-14-5-8-26-11-14)10-15(23)17-19-13(3)20-21-17/h5,8,11-12,15H,4,6-7,9-10H2,1-3H3,(H,19,20,21).